The maximum atomic E-state index is 13.4. The first-order chi connectivity index (χ1) is 14.6. The molecule has 0 saturated carbocycles. The number of carbonyl (C=O) groups excluding carboxylic acids is 1. The van der Waals surface area contributed by atoms with Crippen molar-refractivity contribution >= 4 is 23.3 Å². The van der Waals surface area contributed by atoms with Gasteiger partial charge in [0.05, 0.1) is 23.9 Å². The van der Waals surface area contributed by atoms with Crippen LogP contribution in [0.1, 0.15) is 27.5 Å². The minimum absolute atomic E-state index is 0.0865. The maximum Gasteiger partial charge on any atom is 0.335 e. The number of aliphatic imine (C=N–C) groups is 1. The van der Waals surface area contributed by atoms with E-state index in [0.717, 1.165) is 22.4 Å². The number of amides is 1. The van der Waals surface area contributed by atoms with Gasteiger partial charge in [0, 0.05) is 22.4 Å². The normalized spacial score (nSPS) is 17.9. The number of aromatic carboxylic acids is 1. The van der Waals surface area contributed by atoms with E-state index >= 15 is 0 Å². The van der Waals surface area contributed by atoms with Gasteiger partial charge < -0.3 is 5.11 Å². The predicted molar refractivity (Wildman–Crippen MR) is 115 cm³/mol. The molecule has 1 amide bonds. The fourth-order valence-electron chi connectivity index (χ4n) is 4.17. The molecule has 2 heterocycles. The number of rotatable bonds is 4. The molecule has 0 aliphatic carbocycles. The SMILES string of the molecule is O=C(O)c1ccc(N2C(=O)C3=C(C(c4ccccc4)=NC3)C2c2ccccc2)cc1. The lowest BCUT2D eigenvalue weighted by Gasteiger charge is -2.28. The van der Waals surface area contributed by atoms with Crippen molar-refractivity contribution < 1.29 is 14.7 Å². The van der Waals surface area contributed by atoms with Gasteiger partial charge in [0.25, 0.3) is 5.91 Å². The van der Waals surface area contributed by atoms with Gasteiger partial charge in [0.15, 0.2) is 0 Å². The van der Waals surface area contributed by atoms with E-state index in [2.05, 4.69) is 0 Å². The van der Waals surface area contributed by atoms with E-state index in [1.807, 2.05) is 60.7 Å². The van der Waals surface area contributed by atoms with Crippen LogP contribution >= 0.6 is 0 Å². The topological polar surface area (TPSA) is 70.0 Å². The van der Waals surface area contributed by atoms with Crippen molar-refractivity contribution in [2.45, 2.75) is 6.04 Å². The van der Waals surface area contributed by atoms with Crippen LogP contribution in [0.2, 0.25) is 0 Å². The zero-order valence-electron chi connectivity index (χ0n) is 16.0. The molecule has 1 unspecified atom stereocenters. The lowest BCUT2D eigenvalue weighted by atomic mass is 9.91. The third-order valence-electron chi connectivity index (χ3n) is 5.54. The molecular weight excluding hydrogens is 376 g/mol. The minimum atomic E-state index is -0.993. The fourth-order valence-corrected chi connectivity index (χ4v) is 4.17. The molecule has 30 heavy (non-hydrogen) atoms. The molecule has 3 aromatic carbocycles. The van der Waals surface area contributed by atoms with E-state index < -0.39 is 5.97 Å². The first kappa shape index (κ1) is 18.1. The van der Waals surface area contributed by atoms with Crippen LogP contribution in [0.4, 0.5) is 5.69 Å². The third-order valence-corrected chi connectivity index (χ3v) is 5.54. The van der Waals surface area contributed by atoms with Gasteiger partial charge in [-0.3, -0.25) is 14.7 Å². The summed E-state index contributed by atoms with van der Waals surface area (Å²) >= 11 is 0. The Hall–Kier alpha value is -3.99. The largest absolute Gasteiger partial charge is 0.478 e. The van der Waals surface area contributed by atoms with Crippen LogP contribution in [0, 0.1) is 0 Å². The van der Waals surface area contributed by atoms with Gasteiger partial charge in [0.1, 0.15) is 0 Å². The van der Waals surface area contributed by atoms with Crippen molar-refractivity contribution in [3.05, 3.63) is 113 Å². The average molecular weight is 394 g/mol. The number of carbonyl (C=O) groups is 2. The highest BCUT2D eigenvalue weighted by molar-refractivity contribution is 6.26. The van der Waals surface area contributed by atoms with Gasteiger partial charge in [-0.25, -0.2) is 4.79 Å². The number of anilines is 1. The summed E-state index contributed by atoms with van der Waals surface area (Å²) in [6.07, 6.45) is 0. The summed E-state index contributed by atoms with van der Waals surface area (Å²) in [7, 11) is 0. The van der Waals surface area contributed by atoms with Crippen LogP contribution in [0.3, 0.4) is 0 Å². The first-order valence-electron chi connectivity index (χ1n) is 9.70. The maximum absolute atomic E-state index is 13.4. The molecule has 1 N–H and O–H groups in total. The Balaban J connectivity index is 1.64. The molecule has 0 radical (unpaired) electrons. The summed E-state index contributed by atoms with van der Waals surface area (Å²) in [5, 5.41) is 9.21. The Bertz CT molecular complexity index is 1200. The zero-order chi connectivity index (χ0) is 20.7. The van der Waals surface area contributed by atoms with Crippen molar-refractivity contribution in [3.63, 3.8) is 0 Å². The zero-order valence-corrected chi connectivity index (χ0v) is 16.0. The van der Waals surface area contributed by atoms with E-state index in [0.29, 0.717) is 17.8 Å². The van der Waals surface area contributed by atoms with Crippen LogP contribution in [-0.4, -0.2) is 29.2 Å². The van der Waals surface area contributed by atoms with E-state index in [4.69, 9.17) is 4.99 Å². The van der Waals surface area contributed by atoms with Crippen molar-refractivity contribution in [2.75, 3.05) is 11.4 Å². The smallest absolute Gasteiger partial charge is 0.335 e. The average Bonchev–Trinajstić information content (AvgIpc) is 3.34. The molecule has 1 atom stereocenters. The molecule has 3 aromatic rings. The number of carboxylic acids is 1. The molecule has 0 saturated heterocycles. The van der Waals surface area contributed by atoms with Crippen LogP contribution < -0.4 is 4.90 Å². The molecule has 0 fully saturated rings. The molecule has 2 aliphatic rings. The van der Waals surface area contributed by atoms with Gasteiger partial charge in [0.2, 0.25) is 0 Å². The second-order valence-electron chi connectivity index (χ2n) is 7.26. The fraction of sp³-hybridized carbons (Fsp3) is 0.0800. The van der Waals surface area contributed by atoms with Crippen LogP contribution in [0.15, 0.2) is 101 Å². The van der Waals surface area contributed by atoms with Crippen LogP contribution in [0.25, 0.3) is 0 Å². The number of hydrogen-bond donors (Lipinski definition) is 1. The van der Waals surface area contributed by atoms with E-state index in [1.54, 1.807) is 17.0 Å². The Morgan fingerprint density at radius 3 is 2.17 bits per heavy atom. The van der Waals surface area contributed by atoms with Gasteiger partial charge >= 0.3 is 5.97 Å². The monoisotopic (exact) mass is 394 g/mol. The third kappa shape index (κ3) is 2.83. The first-order valence-corrected chi connectivity index (χ1v) is 9.70. The number of hydrogen-bond acceptors (Lipinski definition) is 3. The summed E-state index contributed by atoms with van der Waals surface area (Å²) in [6.45, 7) is 0.353. The molecular formula is C25H18N2O3. The Kier molecular flexibility index (Phi) is 4.29. The highest BCUT2D eigenvalue weighted by Crippen LogP contribution is 2.44. The van der Waals surface area contributed by atoms with E-state index in [-0.39, 0.29) is 17.5 Å². The van der Waals surface area contributed by atoms with Crippen LogP contribution in [-0.2, 0) is 4.79 Å². The lowest BCUT2D eigenvalue weighted by molar-refractivity contribution is -0.114. The number of benzene rings is 3. The second-order valence-corrected chi connectivity index (χ2v) is 7.26. The minimum Gasteiger partial charge on any atom is -0.478 e. The summed E-state index contributed by atoms with van der Waals surface area (Å²) in [5.74, 6) is -1.08. The van der Waals surface area contributed by atoms with E-state index in [9.17, 15) is 14.7 Å². The Morgan fingerprint density at radius 2 is 1.53 bits per heavy atom. The molecule has 146 valence electrons. The standard InChI is InChI=1S/C25H18N2O3/c28-24-20-15-26-22(16-7-3-1-4-8-16)21(20)23(17-9-5-2-6-10-17)27(24)19-13-11-18(12-14-19)25(29)30/h1-14,23H,15H2,(H,29,30). The van der Waals surface area contributed by atoms with Gasteiger partial charge in [-0.15, -0.1) is 0 Å². The molecule has 0 spiro atoms. The number of carboxylic acid groups (broad SMARTS) is 1. The lowest BCUT2D eigenvalue weighted by Crippen LogP contribution is -2.32. The van der Waals surface area contributed by atoms with Gasteiger partial charge in [-0.2, -0.15) is 0 Å². The second kappa shape index (κ2) is 7.12. The quantitative estimate of drug-likeness (QED) is 0.718. The van der Waals surface area contributed by atoms with Crippen molar-refractivity contribution in [3.8, 4) is 0 Å². The Labute approximate surface area is 173 Å². The summed E-state index contributed by atoms with van der Waals surface area (Å²) < 4.78 is 0. The van der Waals surface area contributed by atoms with Crippen molar-refractivity contribution in [1.82, 2.24) is 0 Å². The van der Waals surface area contributed by atoms with Crippen molar-refractivity contribution in [1.29, 1.82) is 0 Å². The van der Waals surface area contributed by atoms with E-state index in [1.165, 1.54) is 12.1 Å². The van der Waals surface area contributed by atoms with Crippen molar-refractivity contribution in [2.24, 2.45) is 4.99 Å². The molecule has 5 rings (SSSR count). The molecule has 0 bridgehead atoms. The molecule has 5 nitrogen and oxygen atoms in total. The van der Waals surface area contributed by atoms with Gasteiger partial charge in [-0.05, 0) is 29.8 Å². The Morgan fingerprint density at radius 1 is 0.900 bits per heavy atom. The molecule has 5 heteroatoms. The highest BCUT2D eigenvalue weighted by Gasteiger charge is 2.45. The molecule has 2 aliphatic heterocycles. The van der Waals surface area contributed by atoms with Gasteiger partial charge in [-0.1, -0.05) is 60.7 Å². The number of nitrogens with zero attached hydrogens (tertiary/aromatic N) is 2. The highest BCUT2D eigenvalue weighted by atomic mass is 16.4. The summed E-state index contributed by atoms with van der Waals surface area (Å²) in [5.41, 5.74) is 5.31. The van der Waals surface area contributed by atoms with Crippen LogP contribution in [0.5, 0.6) is 0 Å². The summed E-state index contributed by atoms with van der Waals surface area (Å²) in [4.78, 5) is 31.1. The summed E-state index contributed by atoms with van der Waals surface area (Å²) in [6, 6.07) is 25.9. The molecule has 0 aromatic heterocycles. The predicted octanol–water partition coefficient (Wildman–Crippen LogP) is 4.27.